The lowest BCUT2D eigenvalue weighted by Crippen LogP contribution is -2.50. The number of nitrogens with one attached hydrogen (secondary N) is 1. The second-order valence-corrected chi connectivity index (χ2v) is 7.01. The van der Waals surface area contributed by atoms with Crippen LogP contribution in [0.1, 0.15) is 18.4 Å². The fourth-order valence-corrected chi connectivity index (χ4v) is 4.01. The minimum Gasteiger partial charge on any atom is -0.373 e. The van der Waals surface area contributed by atoms with Crippen LogP contribution in [0.3, 0.4) is 0 Å². The second-order valence-electron chi connectivity index (χ2n) is 7.01. The van der Waals surface area contributed by atoms with E-state index >= 15 is 0 Å². The zero-order chi connectivity index (χ0) is 16.5. The van der Waals surface area contributed by atoms with E-state index in [1.165, 1.54) is 30.3 Å². The van der Waals surface area contributed by atoms with Crippen molar-refractivity contribution < 1.29 is 9.53 Å². The van der Waals surface area contributed by atoms with Gasteiger partial charge in [-0.3, -0.25) is 9.69 Å². The molecule has 5 heteroatoms. The minimum atomic E-state index is 0.0444. The van der Waals surface area contributed by atoms with Gasteiger partial charge in [-0.05, 0) is 37.9 Å². The number of aromatic nitrogens is 1. The van der Waals surface area contributed by atoms with Gasteiger partial charge in [-0.25, -0.2) is 0 Å². The molecular weight excluding hydrogens is 302 g/mol. The lowest BCUT2D eigenvalue weighted by Gasteiger charge is -2.35. The maximum atomic E-state index is 12.3. The van der Waals surface area contributed by atoms with E-state index < -0.39 is 0 Å². The van der Waals surface area contributed by atoms with Gasteiger partial charge in [0, 0.05) is 36.2 Å². The van der Waals surface area contributed by atoms with E-state index in [9.17, 15) is 4.79 Å². The number of benzene rings is 1. The number of hydrogen-bond acceptors (Lipinski definition) is 3. The number of rotatable bonds is 4. The van der Waals surface area contributed by atoms with E-state index in [4.69, 9.17) is 4.74 Å². The molecule has 24 heavy (non-hydrogen) atoms. The largest absolute Gasteiger partial charge is 0.373 e. The van der Waals surface area contributed by atoms with E-state index in [-0.39, 0.29) is 12.0 Å². The molecule has 0 spiro atoms. The molecule has 5 nitrogen and oxygen atoms in total. The van der Waals surface area contributed by atoms with Crippen molar-refractivity contribution in [3.63, 3.8) is 0 Å². The normalized spacial score (nSPS) is 24.2. The number of amides is 1. The molecular formula is C19H25N3O2. The van der Waals surface area contributed by atoms with Crippen molar-refractivity contribution in [3.8, 4) is 0 Å². The molecule has 1 aromatic carbocycles. The predicted octanol–water partition coefficient (Wildman–Crippen LogP) is 1.93. The number of nitrogens with zero attached hydrogens (tertiary/aromatic N) is 2. The molecule has 128 valence electrons. The molecule has 0 bridgehead atoms. The summed E-state index contributed by atoms with van der Waals surface area (Å²) < 4.78 is 7.93. The van der Waals surface area contributed by atoms with E-state index in [1.807, 2.05) is 16.7 Å². The zero-order valence-corrected chi connectivity index (χ0v) is 14.2. The molecule has 0 radical (unpaired) electrons. The highest BCUT2D eigenvalue weighted by Crippen LogP contribution is 2.22. The van der Waals surface area contributed by atoms with Crippen molar-refractivity contribution in [1.29, 1.82) is 0 Å². The van der Waals surface area contributed by atoms with Crippen LogP contribution < -0.4 is 5.32 Å². The first-order valence-corrected chi connectivity index (χ1v) is 8.87. The summed E-state index contributed by atoms with van der Waals surface area (Å²) in [5.41, 5.74) is 2.31. The number of aryl methyl sites for hydroxylation is 1. The highest BCUT2D eigenvalue weighted by molar-refractivity contribution is 5.85. The van der Waals surface area contributed by atoms with Crippen molar-refractivity contribution >= 4 is 16.8 Å². The molecule has 1 aromatic heterocycles. The Morgan fingerprint density at radius 3 is 3.17 bits per heavy atom. The van der Waals surface area contributed by atoms with E-state index in [2.05, 4.69) is 35.5 Å². The molecule has 2 aromatic rings. The summed E-state index contributed by atoms with van der Waals surface area (Å²) in [6.07, 6.45) is 4.69. The molecule has 4 rings (SSSR count). The Balaban J connectivity index is 1.33. The SMILES string of the molecule is Cc1cn(CC(=O)NC[C@H]2CN3CCC[C@H]3CO2)c2ccccc12. The summed E-state index contributed by atoms with van der Waals surface area (Å²) in [6.45, 7) is 5.96. The summed E-state index contributed by atoms with van der Waals surface area (Å²) in [5.74, 6) is 0.0444. The van der Waals surface area contributed by atoms with Crippen LogP contribution in [0, 0.1) is 6.92 Å². The summed E-state index contributed by atoms with van der Waals surface area (Å²) in [7, 11) is 0. The van der Waals surface area contributed by atoms with Gasteiger partial charge in [0.1, 0.15) is 6.54 Å². The highest BCUT2D eigenvalue weighted by Gasteiger charge is 2.32. The maximum Gasteiger partial charge on any atom is 0.240 e. The smallest absolute Gasteiger partial charge is 0.240 e. The summed E-state index contributed by atoms with van der Waals surface area (Å²) in [5, 5.41) is 4.25. The van der Waals surface area contributed by atoms with Crippen molar-refractivity contribution in [2.75, 3.05) is 26.2 Å². The molecule has 2 saturated heterocycles. The molecule has 1 N–H and O–H groups in total. The number of morpholine rings is 1. The molecule has 2 fully saturated rings. The fourth-order valence-electron chi connectivity index (χ4n) is 4.01. The van der Waals surface area contributed by atoms with Crippen LogP contribution in [-0.2, 0) is 16.1 Å². The quantitative estimate of drug-likeness (QED) is 0.933. The predicted molar refractivity (Wildman–Crippen MR) is 94.0 cm³/mol. The van der Waals surface area contributed by atoms with Gasteiger partial charge in [-0.2, -0.15) is 0 Å². The number of ether oxygens (including phenoxy) is 1. The number of hydrogen-bond donors (Lipinski definition) is 1. The lowest BCUT2D eigenvalue weighted by atomic mass is 10.2. The monoisotopic (exact) mass is 327 g/mol. The van der Waals surface area contributed by atoms with Crippen molar-refractivity contribution in [2.45, 2.75) is 38.5 Å². The Kier molecular flexibility index (Phi) is 4.29. The number of carbonyl (C=O) groups excluding carboxylic acids is 1. The van der Waals surface area contributed by atoms with Crippen LogP contribution in [0.5, 0.6) is 0 Å². The van der Waals surface area contributed by atoms with Crippen LogP contribution in [0.25, 0.3) is 10.9 Å². The Bertz CT molecular complexity index is 739. The highest BCUT2D eigenvalue weighted by atomic mass is 16.5. The van der Waals surface area contributed by atoms with Gasteiger partial charge < -0.3 is 14.6 Å². The number of para-hydroxylation sites is 1. The van der Waals surface area contributed by atoms with Gasteiger partial charge in [0.2, 0.25) is 5.91 Å². The lowest BCUT2D eigenvalue weighted by molar-refractivity contribution is -0.123. The van der Waals surface area contributed by atoms with Gasteiger partial charge in [0.15, 0.2) is 0 Å². The Labute approximate surface area is 142 Å². The molecule has 2 atom stereocenters. The summed E-state index contributed by atoms with van der Waals surface area (Å²) >= 11 is 0. The molecule has 2 aliphatic rings. The molecule has 0 unspecified atom stereocenters. The van der Waals surface area contributed by atoms with Gasteiger partial charge in [-0.1, -0.05) is 18.2 Å². The zero-order valence-electron chi connectivity index (χ0n) is 14.2. The summed E-state index contributed by atoms with van der Waals surface area (Å²) in [6, 6.07) is 8.81. The molecule has 2 aliphatic heterocycles. The average molecular weight is 327 g/mol. The fraction of sp³-hybridized carbons (Fsp3) is 0.526. The first kappa shape index (κ1) is 15.7. The van der Waals surface area contributed by atoms with Crippen LogP contribution in [-0.4, -0.2) is 53.8 Å². The Morgan fingerprint density at radius 1 is 1.38 bits per heavy atom. The number of fused-ring (bicyclic) bond motifs is 2. The second kappa shape index (κ2) is 6.57. The van der Waals surface area contributed by atoms with Crippen molar-refractivity contribution in [2.24, 2.45) is 0 Å². The van der Waals surface area contributed by atoms with Crippen LogP contribution in [0.15, 0.2) is 30.5 Å². The third-order valence-corrected chi connectivity index (χ3v) is 5.29. The molecule has 1 amide bonds. The maximum absolute atomic E-state index is 12.3. The molecule has 3 heterocycles. The Morgan fingerprint density at radius 2 is 2.25 bits per heavy atom. The minimum absolute atomic E-state index is 0.0444. The molecule has 0 aliphatic carbocycles. The van der Waals surface area contributed by atoms with Crippen LogP contribution >= 0.6 is 0 Å². The molecule has 0 saturated carbocycles. The summed E-state index contributed by atoms with van der Waals surface area (Å²) in [4.78, 5) is 14.8. The Hall–Kier alpha value is -1.85. The van der Waals surface area contributed by atoms with Crippen molar-refractivity contribution in [3.05, 3.63) is 36.0 Å². The van der Waals surface area contributed by atoms with Gasteiger partial charge in [-0.15, -0.1) is 0 Å². The topological polar surface area (TPSA) is 46.5 Å². The average Bonchev–Trinajstić information content (AvgIpc) is 3.18. The van der Waals surface area contributed by atoms with Gasteiger partial charge in [0.25, 0.3) is 0 Å². The third-order valence-electron chi connectivity index (χ3n) is 5.29. The third kappa shape index (κ3) is 3.06. The van der Waals surface area contributed by atoms with E-state index in [1.54, 1.807) is 0 Å². The van der Waals surface area contributed by atoms with Crippen LogP contribution in [0.4, 0.5) is 0 Å². The van der Waals surface area contributed by atoms with Gasteiger partial charge in [0.05, 0.1) is 12.7 Å². The van der Waals surface area contributed by atoms with Gasteiger partial charge >= 0.3 is 0 Å². The van der Waals surface area contributed by atoms with E-state index in [0.717, 1.165) is 18.7 Å². The van der Waals surface area contributed by atoms with Crippen LogP contribution in [0.2, 0.25) is 0 Å². The first-order valence-electron chi connectivity index (χ1n) is 8.87. The van der Waals surface area contributed by atoms with E-state index in [0.29, 0.717) is 19.1 Å². The number of carbonyl (C=O) groups is 1. The standard InChI is InChI=1S/C19H25N3O2/c1-14-10-22(18-7-3-2-6-17(14)18)12-19(23)20-9-16-11-21-8-4-5-15(21)13-24-16/h2-3,6-7,10,15-16H,4-5,8-9,11-13H2,1H3,(H,20,23)/t15-,16-/m0/s1. The van der Waals surface area contributed by atoms with Crippen molar-refractivity contribution in [1.82, 2.24) is 14.8 Å². The first-order chi connectivity index (χ1) is 11.7.